The van der Waals surface area contributed by atoms with E-state index in [-0.39, 0.29) is 23.9 Å². The van der Waals surface area contributed by atoms with E-state index in [9.17, 15) is 4.79 Å². The van der Waals surface area contributed by atoms with Crippen LogP contribution in [0.25, 0.3) is 11.0 Å². The van der Waals surface area contributed by atoms with Crippen LogP contribution >= 0.6 is 0 Å². The topological polar surface area (TPSA) is 47.4 Å². The van der Waals surface area contributed by atoms with Crippen LogP contribution < -0.4 is 4.74 Å². The molecule has 1 amide bonds. The molecule has 5 heteroatoms. The molecule has 3 aromatic carbocycles. The first-order valence-electron chi connectivity index (χ1n) is 13.9. The summed E-state index contributed by atoms with van der Waals surface area (Å²) in [5, 5.41) is 0. The van der Waals surface area contributed by atoms with Crippen LogP contribution in [0.4, 0.5) is 0 Å². The number of aromatic nitrogens is 2. The molecular weight excluding hydrogens is 470 g/mol. The van der Waals surface area contributed by atoms with Crippen LogP contribution in [-0.2, 0) is 29.9 Å². The van der Waals surface area contributed by atoms with Crippen molar-refractivity contribution in [3.8, 4) is 5.75 Å². The van der Waals surface area contributed by atoms with Gasteiger partial charge in [0.05, 0.1) is 11.0 Å². The van der Waals surface area contributed by atoms with Crippen molar-refractivity contribution in [1.82, 2.24) is 14.5 Å². The Kier molecular flexibility index (Phi) is 7.82. The molecule has 1 saturated carbocycles. The number of hydrogen-bond donors (Lipinski definition) is 0. The van der Waals surface area contributed by atoms with E-state index >= 15 is 0 Å². The van der Waals surface area contributed by atoms with Gasteiger partial charge in [0, 0.05) is 12.6 Å². The number of amides is 1. The zero-order valence-electron chi connectivity index (χ0n) is 22.9. The van der Waals surface area contributed by atoms with Gasteiger partial charge in [0.15, 0.2) is 0 Å². The monoisotopic (exact) mass is 509 g/mol. The van der Waals surface area contributed by atoms with Gasteiger partial charge in [-0.15, -0.1) is 0 Å². The maximum Gasteiger partial charge on any atom is 0.243 e. The summed E-state index contributed by atoms with van der Waals surface area (Å²) in [5.74, 6) is 1.71. The van der Waals surface area contributed by atoms with Crippen LogP contribution in [-0.4, -0.2) is 26.4 Å². The van der Waals surface area contributed by atoms with E-state index < -0.39 is 0 Å². The molecule has 4 aromatic rings. The van der Waals surface area contributed by atoms with Gasteiger partial charge in [-0.05, 0) is 53.6 Å². The van der Waals surface area contributed by atoms with Crippen molar-refractivity contribution in [2.24, 2.45) is 0 Å². The maximum atomic E-state index is 14.0. The Hall–Kier alpha value is -3.60. The number of rotatable bonds is 8. The average molecular weight is 510 g/mol. The number of hydrogen-bond acceptors (Lipinski definition) is 3. The highest BCUT2D eigenvalue weighted by molar-refractivity contribution is 5.81. The average Bonchev–Trinajstić information content (AvgIpc) is 3.28. The number of fused-ring (bicyclic) bond motifs is 1. The number of imidazole rings is 1. The molecule has 5 rings (SSSR count). The molecule has 5 nitrogen and oxygen atoms in total. The van der Waals surface area contributed by atoms with E-state index in [1.54, 1.807) is 0 Å². The van der Waals surface area contributed by atoms with E-state index in [0.717, 1.165) is 35.4 Å². The fourth-order valence-corrected chi connectivity index (χ4v) is 5.43. The first-order valence-corrected chi connectivity index (χ1v) is 13.9. The van der Waals surface area contributed by atoms with Crippen LogP contribution in [0.15, 0.2) is 78.9 Å². The lowest BCUT2D eigenvalue weighted by atomic mass is 9.87. The molecule has 1 aromatic heterocycles. The van der Waals surface area contributed by atoms with Gasteiger partial charge in [-0.3, -0.25) is 4.79 Å². The Morgan fingerprint density at radius 3 is 2.32 bits per heavy atom. The molecule has 0 spiro atoms. The highest BCUT2D eigenvalue weighted by atomic mass is 16.5. The second-order valence-corrected chi connectivity index (χ2v) is 11.5. The Bertz CT molecular complexity index is 1350. The number of ether oxygens (including phenoxy) is 1. The highest BCUT2D eigenvalue weighted by Gasteiger charge is 2.27. The molecule has 0 N–H and O–H groups in total. The van der Waals surface area contributed by atoms with Gasteiger partial charge in [0.25, 0.3) is 0 Å². The van der Waals surface area contributed by atoms with Gasteiger partial charge in [0.1, 0.15) is 24.7 Å². The van der Waals surface area contributed by atoms with Crippen molar-refractivity contribution in [2.45, 2.75) is 84.0 Å². The van der Waals surface area contributed by atoms with Crippen LogP contribution in [0, 0.1) is 0 Å². The first kappa shape index (κ1) is 26.0. The molecule has 0 atom stereocenters. The van der Waals surface area contributed by atoms with Crippen molar-refractivity contribution in [3.05, 3.63) is 95.8 Å². The molecule has 198 valence electrons. The molecule has 0 saturated heterocycles. The van der Waals surface area contributed by atoms with Crippen molar-refractivity contribution >= 4 is 16.9 Å². The predicted molar refractivity (Wildman–Crippen MR) is 153 cm³/mol. The van der Waals surface area contributed by atoms with Gasteiger partial charge in [-0.1, -0.05) is 94.6 Å². The predicted octanol–water partition coefficient (Wildman–Crippen LogP) is 7.27. The molecule has 0 unspecified atom stereocenters. The van der Waals surface area contributed by atoms with E-state index in [4.69, 9.17) is 9.72 Å². The molecule has 1 aliphatic rings. The molecule has 1 heterocycles. The largest absolute Gasteiger partial charge is 0.486 e. The van der Waals surface area contributed by atoms with Gasteiger partial charge >= 0.3 is 0 Å². The summed E-state index contributed by atoms with van der Waals surface area (Å²) in [6.45, 7) is 7.82. The number of nitrogens with zero attached hydrogens (tertiary/aromatic N) is 3. The standard InChI is InChI=1S/C33H39N3O2/c1-33(2,3)26-18-20-28(21-19-26)38-24-31-34-29-16-10-11-17-30(29)36(31)23-32(37)35(27-14-8-5-9-15-27)22-25-12-6-4-7-13-25/h4,6-7,10-13,16-21,27H,5,8-9,14-15,22-24H2,1-3H3. The highest BCUT2D eigenvalue weighted by Crippen LogP contribution is 2.27. The third kappa shape index (κ3) is 6.09. The fraction of sp³-hybridized carbons (Fsp3) is 0.394. The smallest absolute Gasteiger partial charge is 0.243 e. The van der Waals surface area contributed by atoms with Gasteiger partial charge < -0.3 is 14.2 Å². The minimum Gasteiger partial charge on any atom is -0.486 e. The van der Waals surface area contributed by atoms with Crippen LogP contribution in [0.1, 0.15) is 69.8 Å². The summed E-state index contributed by atoms with van der Waals surface area (Å²) in [5.41, 5.74) is 4.38. The third-order valence-corrected chi connectivity index (χ3v) is 7.65. The van der Waals surface area contributed by atoms with Gasteiger partial charge in [-0.25, -0.2) is 4.98 Å². The van der Waals surface area contributed by atoms with E-state index in [0.29, 0.717) is 13.2 Å². The van der Waals surface area contributed by atoms with E-state index in [2.05, 4.69) is 49.9 Å². The van der Waals surface area contributed by atoms with Gasteiger partial charge in [-0.2, -0.15) is 0 Å². The second-order valence-electron chi connectivity index (χ2n) is 11.5. The van der Waals surface area contributed by atoms with Crippen molar-refractivity contribution in [1.29, 1.82) is 0 Å². The SMILES string of the molecule is CC(C)(C)c1ccc(OCc2nc3ccccc3n2CC(=O)N(Cc2ccccc2)C2CCCCC2)cc1. The van der Waals surface area contributed by atoms with Crippen molar-refractivity contribution in [2.75, 3.05) is 0 Å². The first-order chi connectivity index (χ1) is 18.4. The van der Waals surface area contributed by atoms with Gasteiger partial charge in [0.2, 0.25) is 5.91 Å². The minimum absolute atomic E-state index is 0.0941. The molecule has 0 aliphatic heterocycles. The Balaban J connectivity index is 1.38. The molecule has 0 bridgehead atoms. The molecular formula is C33H39N3O2. The Morgan fingerprint density at radius 1 is 0.921 bits per heavy atom. The van der Waals surface area contributed by atoms with E-state index in [1.165, 1.54) is 30.4 Å². The quantitative estimate of drug-likeness (QED) is 0.251. The minimum atomic E-state index is 0.0941. The van der Waals surface area contributed by atoms with E-state index in [1.807, 2.05) is 59.2 Å². The number of para-hydroxylation sites is 2. The molecule has 38 heavy (non-hydrogen) atoms. The molecule has 0 radical (unpaired) electrons. The zero-order chi connectivity index (χ0) is 26.5. The summed E-state index contributed by atoms with van der Waals surface area (Å²) in [7, 11) is 0. The summed E-state index contributed by atoms with van der Waals surface area (Å²) < 4.78 is 8.22. The van der Waals surface area contributed by atoms with Crippen molar-refractivity contribution < 1.29 is 9.53 Å². The number of carbonyl (C=O) groups is 1. The summed E-state index contributed by atoms with van der Waals surface area (Å²) in [6.07, 6.45) is 5.77. The number of carbonyl (C=O) groups excluding carboxylic acids is 1. The molecule has 1 fully saturated rings. The normalized spacial score (nSPS) is 14.5. The summed E-state index contributed by atoms with van der Waals surface area (Å²) >= 11 is 0. The molecule has 1 aliphatic carbocycles. The lowest BCUT2D eigenvalue weighted by molar-refractivity contribution is -0.135. The third-order valence-electron chi connectivity index (χ3n) is 7.65. The summed E-state index contributed by atoms with van der Waals surface area (Å²) in [6, 6.07) is 26.9. The van der Waals surface area contributed by atoms with Crippen LogP contribution in [0.2, 0.25) is 0 Å². The lowest BCUT2D eigenvalue weighted by Gasteiger charge is -2.35. The van der Waals surface area contributed by atoms with Crippen LogP contribution in [0.5, 0.6) is 5.75 Å². The fourth-order valence-electron chi connectivity index (χ4n) is 5.43. The second kappa shape index (κ2) is 11.4. The summed E-state index contributed by atoms with van der Waals surface area (Å²) in [4.78, 5) is 20.9. The lowest BCUT2D eigenvalue weighted by Crippen LogP contribution is -2.42. The number of benzene rings is 3. The van der Waals surface area contributed by atoms with Crippen LogP contribution in [0.3, 0.4) is 0 Å². The maximum absolute atomic E-state index is 14.0. The zero-order valence-corrected chi connectivity index (χ0v) is 22.9. The Labute approximate surface area is 226 Å². The van der Waals surface area contributed by atoms with Crippen molar-refractivity contribution in [3.63, 3.8) is 0 Å². The Morgan fingerprint density at radius 2 is 1.61 bits per heavy atom.